The molecule has 0 aromatic rings. The summed E-state index contributed by atoms with van der Waals surface area (Å²) in [7, 11) is 0.969. The summed E-state index contributed by atoms with van der Waals surface area (Å²) in [6, 6.07) is 0. The first-order valence-electron chi connectivity index (χ1n) is 6.62. The molecule has 0 N–H and O–H groups in total. The van der Waals surface area contributed by atoms with Crippen molar-refractivity contribution in [2.24, 2.45) is 11.8 Å². The van der Waals surface area contributed by atoms with Crippen LogP contribution in [0.25, 0.3) is 0 Å². The maximum atomic E-state index is 3.44. The molecule has 0 fully saturated rings. The van der Waals surface area contributed by atoms with Gasteiger partial charge in [0.2, 0.25) is 14.0 Å². The van der Waals surface area contributed by atoms with Gasteiger partial charge in [0.25, 0.3) is 0 Å². The molecule has 0 saturated heterocycles. The van der Waals surface area contributed by atoms with Crippen molar-refractivity contribution in [1.82, 2.24) is 0 Å². The van der Waals surface area contributed by atoms with E-state index in [4.69, 9.17) is 0 Å². The van der Waals surface area contributed by atoms with E-state index < -0.39 is 0 Å². The highest BCUT2D eigenvalue weighted by molar-refractivity contribution is 6.87. The second-order valence-electron chi connectivity index (χ2n) is 5.86. The Labute approximate surface area is 103 Å². The maximum Gasteiger partial charge on any atom is 0.239 e. The van der Waals surface area contributed by atoms with Crippen LogP contribution in [-0.2, 0) is 0 Å². The van der Waals surface area contributed by atoms with E-state index in [9.17, 15) is 0 Å². The van der Waals surface area contributed by atoms with Gasteiger partial charge in [-0.15, -0.1) is 11.4 Å². The van der Waals surface area contributed by atoms with E-state index in [1.807, 2.05) is 0 Å². The fraction of sp³-hybridized carbons (Fsp3) is 0.692. The third-order valence-electron chi connectivity index (χ3n) is 3.80. The van der Waals surface area contributed by atoms with E-state index in [0.29, 0.717) is 31.0 Å². The average molecular weight is 212 g/mol. The van der Waals surface area contributed by atoms with Crippen molar-refractivity contribution in [3.63, 3.8) is 0 Å². The van der Waals surface area contributed by atoms with Crippen LogP contribution in [0.1, 0.15) is 27.7 Å². The molecule has 0 amide bonds. The van der Waals surface area contributed by atoms with Crippen molar-refractivity contribution < 1.29 is 0 Å². The minimum atomic E-state index is 0.528. The summed E-state index contributed by atoms with van der Waals surface area (Å²) in [5.41, 5.74) is 2.22. The lowest BCUT2D eigenvalue weighted by atomic mass is 9.20. The molecule has 0 aromatic carbocycles. The molecule has 1 unspecified atom stereocenters. The Bertz CT molecular complexity index is 320. The molecule has 0 aliphatic carbocycles. The lowest BCUT2D eigenvalue weighted by molar-refractivity contribution is 0.684. The van der Waals surface area contributed by atoms with Crippen LogP contribution in [0.2, 0.25) is 19.4 Å². The van der Waals surface area contributed by atoms with Gasteiger partial charge in [0, 0.05) is 0 Å². The van der Waals surface area contributed by atoms with Crippen molar-refractivity contribution in [3.05, 3.63) is 11.4 Å². The first-order chi connectivity index (χ1) is 7.43. The normalized spacial score (nSPS) is 24.2. The van der Waals surface area contributed by atoms with Crippen LogP contribution in [0.4, 0.5) is 0 Å². The van der Waals surface area contributed by atoms with Crippen LogP contribution in [0, 0.1) is 23.5 Å². The van der Waals surface area contributed by atoms with E-state index >= 15 is 0 Å². The van der Waals surface area contributed by atoms with E-state index in [-0.39, 0.29) is 0 Å². The monoisotopic (exact) mass is 212 g/mol. The van der Waals surface area contributed by atoms with Gasteiger partial charge in [-0.25, -0.2) is 0 Å². The lowest BCUT2D eigenvalue weighted by Crippen LogP contribution is -2.33. The van der Waals surface area contributed by atoms with Gasteiger partial charge in [0.1, 0.15) is 0 Å². The van der Waals surface area contributed by atoms with Crippen LogP contribution in [0.3, 0.4) is 0 Å². The fourth-order valence-corrected chi connectivity index (χ4v) is 2.95. The number of hydrogen-bond donors (Lipinski definition) is 0. The summed E-state index contributed by atoms with van der Waals surface area (Å²) in [5, 5.41) is 0. The molecular weight excluding hydrogens is 189 g/mol. The second-order valence-corrected chi connectivity index (χ2v) is 5.86. The van der Waals surface area contributed by atoms with E-state index in [2.05, 4.69) is 59.0 Å². The number of hydrogen-bond acceptors (Lipinski definition) is 0. The van der Waals surface area contributed by atoms with Gasteiger partial charge < -0.3 is 0 Å². The van der Waals surface area contributed by atoms with Crippen LogP contribution < -0.4 is 0 Å². The Hall–Kier alpha value is -0.505. The summed E-state index contributed by atoms with van der Waals surface area (Å²) >= 11 is 0. The molecule has 1 rings (SSSR count). The van der Waals surface area contributed by atoms with Crippen LogP contribution in [-0.4, -0.2) is 20.7 Å². The average Bonchev–Trinajstić information content (AvgIpc) is 2.12. The Kier molecular flexibility index (Phi) is 4.84. The van der Waals surface area contributed by atoms with Gasteiger partial charge in [-0.1, -0.05) is 53.0 Å². The van der Waals surface area contributed by atoms with Crippen LogP contribution >= 0.6 is 0 Å². The lowest BCUT2D eigenvalue weighted by Gasteiger charge is -2.27. The molecule has 1 aliphatic heterocycles. The summed E-state index contributed by atoms with van der Waals surface area (Å²) in [6.45, 7) is 15.0. The molecule has 0 bridgehead atoms. The maximum absolute atomic E-state index is 3.44. The van der Waals surface area contributed by atoms with Crippen molar-refractivity contribution in [2.75, 3.05) is 0 Å². The predicted octanol–water partition coefficient (Wildman–Crippen LogP) is 2.83. The molecule has 0 saturated carbocycles. The van der Waals surface area contributed by atoms with Crippen LogP contribution in [0.15, 0.2) is 11.4 Å². The first-order valence-corrected chi connectivity index (χ1v) is 6.62. The Morgan fingerprint density at radius 3 is 2.38 bits per heavy atom. The summed E-state index contributed by atoms with van der Waals surface area (Å²) in [5.74, 6) is 10.6. The standard InChI is InChI=1S/C13H23B3/c1-10(2)12-9-16(6)13(11(3)4)15(5)8-7-14-12/h9-11,13-14H,1-6H3/b12-9-. The minimum Gasteiger partial charge on any atom is -0.168 e. The zero-order valence-corrected chi connectivity index (χ0v) is 11.7. The zero-order chi connectivity index (χ0) is 12.3. The fourth-order valence-electron chi connectivity index (χ4n) is 2.95. The van der Waals surface area contributed by atoms with Gasteiger partial charge in [0.15, 0.2) is 6.71 Å². The van der Waals surface area contributed by atoms with E-state index in [1.54, 1.807) is 0 Å². The Balaban J connectivity index is 2.99. The third kappa shape index (κ3) is 3.24. The highest BCUT2D eigenvalue weighted by atomic mass is 14.0. The SMILES string of the molecule is CB1C#CB/C(C(C)C)=C\B(C)C1C(C)C. The third-order valence-corrected chi connectivity index (χ3v) is 3.80. The molecule has 1 atom stereocenters. The zero-order valence-electron chi connectivity index (χ0n) is 11.7. The summed E-state index contributed by atoms with van der Waals surface area (Å²) in [6.07, 6.45) is 0. The quantitative estimate of drug-likeness (QED) is 0.487. The van der Waals surface area contributed by atoms with Gasteiger partial charge in [-0.05, 0) is 5.92 Å². The molecule has 1 aliphatic rings. The number of rotatable bonds is 2. The van der Waals surface area contributed by atoms with Gasteiger partial charge in [-0.3, -0.25) is 0 Å². The summed E-state index contributed by atoms with van der Waals surface area (Å²) < 4.78 is 0. The topological polar surface area (TPSA) is 0 Å². The van der Waals surface area contributed by atoms with Crippen molar-refractivity contribution in [2.45, 2.75) is 47.1 Å². The van der Waals surface area contributed by atoms with Gasteiger partial charge in [0.05, 0.1) is 0 Å². The molecule has 84 valence electrons. The second kappa shape index (κ2) is 5.71. The minimum absolute atomic E-state index is 0.528. The molecule has 16 heavy (non-hydrogen) atoms. The molecule has 3 heteroatoms. The predicted molar refractivity (Wildman–Crippen MR) is 79.7 cm³/mol. The first kappa shape index (κ1) is 13.6. The van der Waals surface area contributed by atoms with Crippen molar-refractivity contribution in [3.8, 4) is 11.6 Å². The highest BCUT2D eigenvalue weighted by Gasteiger charge is 2.30. The highest BCUT2D eigenvalue weighted by Crippen LogP contribution is 2.27. The molecule has 0 spiro atoms. The summed E-state index contributed by atoms with van der Waals surface area (Å²) in [4.78, 5) is 0. The molecular formula is C13H23B3. The van der Waals surface area contributed by atoms with Crippen molar-refractivity contribution in [1.29, 1.82) is 0 Å². The Morgan fingerprint density at radius 1 is 1.25 bits per heavy atom. The Morgan fingerprint density at radius 2 is 1.88 bits per heavy atom. The van der Waals surface area contributed by atoms with E-state index in [0.717, 1.165) is 7.28 Å². The van der Waals surface area contributed by atoms with Gasteiger partial charge >= 0.3 is 0 Å². The molecule has 0 nitrogen and oxygen atoms in total. The smallest absolute Gasteiger partial charge is 0.168 e. The van der Waals surface area contributed by atoms with Gasteiger partial charge in [-0.2, -0.15) is 11.6 Å². The molecule has 0 radical (unpaired) electrons. The van der Waals surface area contributed by atoms with Crippen LogP contribution in [0.5, 0.6) is 0 Å². The largest absolute Gasteiger partial charge is 0.239 e. The van der Waals surface area contributed by atoms with E-state index in [1.165, 1.54) is 5.47 Å². The molecule has 1 heterocycles. The number of allylic oxidation sites excluding steroid dienone is 1. The van der Waals surface area contributed by atoms with Crippen molar-refractivity contribution >= 4 is 20.7 Å². The molecule has 0 aromatic heterocycles.